The number of carbonyl (C=O) groups excluding carboxylic acids is 1. The van der Waals surface area contributed by atoms with Crippen molar-refractivity contribution in [3.63, 3.8) is 0 Å². The van der Waals surface area contributed by atoms with Crippen LogP contribution in [0, 0.1) is 0 Å². The Morgan fingerprint density at radius 3 is 2.46 bits per heavy atom. The van der Waals surface area contributed by atoms with E-state index in [1.165, 1.54) is 6.07 Å². The lowest BCUT2D eigenvalue weighted by Gasteiger charge is -2.04. The molecule has 1 N–H and O–H groups in total. The molecule has 4 rings (SSSR count). The Kier molecular flexibility index (Phi) is 4.97. The van der Waals surface area contributed by atoms with Gasteiger partial charge in [0.25, 0.3) is 15.9 Å². The lowest BCUT2D eigenvalue weighted by atomic mass is 10.1. The number of rotatable bonds is 3. The Hall–Kier alpha value is -2.61. The number of amidine groups is 1. The van der Waals surface area contributed by atoms with E-state index in [0.717, 1.165) is 22.7 Å². The van der Waals surface area contributed by atoms with Crippen molar-refractivity contribution in [2.24, 2.45) is 4.40 Å². The van der Waals surface area contributed by atoms with Gasteiger partial charge in [0.05, 0.1) is 9.80 Å². The monoisotopic (exact) mass is 428 g/mol. The van der Waals surface area contributed by atoms with Crippen LogP contribution in [-0.4, -0.2) is 19.5 Å². The molecule has 0 spiro atoms. The number of hydrogen-bond donors (Lipinski definition) is 1. The normalized spacial score (nSPS) is 17.4. The fourth-order valence-electron chi connectivity index (χ4n) is 2.76. The van der Waals surface area contributed by atoms with Crippen LogP contribution in [0.5, 0.6) is 0 Å². The molecular formula is C20H13ClN2O3S2. The highest BCUT2D eigenvalue weighted by atomic mass is 35.5. The number of amides is 1. The number of carbonyl (C=O) groups is 1. The van der Waals surface area contributed by atoms with Crippen LogP contribution in [0.25, 0.3) is 16.8 Å². The Bertz CT molecular complexity index is 1240. The van der Waals surface area contributed by atoms with Crippen LogP contribution in [0.3, 0.4) is 0 Å². The molecular weight excluding hydrogens is 416 g/mol. The fraction of sp³-hybridized carbons (Fsp3) is 0. The summed E-state index contributed by atoms with van der Waals surface area (Å²) in [4.78, 5) is 12.6. The summed E-state index contributed by atoms with van der Waals surface area (Å²) >= 11 is 6.84. The van der Waals surface area contributed by atoms with Crippen LogP contribution in [0.4, 0.5) is 0 Å². The van der Waals surface area contributed by atoms with Gasteiger partial charge in [-0.05, 0) is 47.0 Å². The molecule has 0 atom stereocenters. The number of nitrogens with one attached hydrogen (secondary N) is 1. The molecule has 1 aliphatic rings. The molecule has 1 fully saturated rings. The van der Waals surface area contributed by atoms with Gasteiger partial charge in [0.1, 0.15) is 0 Å². The van der Waals surface area contributed by atoms with Crippen LogP contribution in [0.1, 0.15) is 5.56 Å². The highest BCUT2D eigenvalue weighted by Crippen LogP contribution is 2.29. The summed E-state index contributed by atoms with van der Waals surface area (Å²) in [6.07, 6.45) is 1.66. The first-order chi connectivity index (χ1) is 13.4. The summed E-state index contributed by atoms with van der Waals surface area (Å²) in [5.41, 5.74) is 0.778. The Morgan fingerprint density at radius 2 is 1.68 bits per heavy atom. The first kappa shape index (κ1) is 18.7. The molecule has 0 aromatic heterocycles. The van der Waals surface area contributed by atoms with E-state index in [9.17, 15) is 13.2 Å². The van der Waals surface area contributed by atoms with Gasteiger partial charge in [0.2, 0.25) is 0 Å². The summed E-state index contributed by atoms with van der Waals surface area (Å²) in [5.74, 6) is -0.396. The van der Waals surface area contributed by atoms with Crippen molar-refractivity contribution in [2.75, 3.05) is 0 Å². The van der Waals surface area contributed by atoms with E-state index in [2.05, 4.69) is 9.71 Å². The molecule has 0 bridgehead atoms. The topological polar surface area (TPSA) is 75.6 Å². The number of hydrogen-bond acceptors (Lipinski definition) is 4. The van der Waals surface area contributed by atoms with Crippen molar-refractivity contribution in [3.05, 3.63) is 82.2 Å². The molecule has 1 heterocycles. The van der Waals surface area contributed by atoms with Gasteiger partial charge in [0, 0.05) is 10.4 Å². The lowest BCUT2D eigenvalue weighted by molar-refractivity contribution is -0.115. The van der Waals surface area contributed by atoms with Crippen molar-refractivity contribution in [1.82, 2.24) is 5.32 Å². The molecule has 0 saturated carbocycles. The number of fused-ring (bicyclic) bond motifs is 1. The van der Waals surface area contributed by atoms with E-state index < -0.39 is 15.9 Å². The maximum atomic E-state index is 12.8. The van der Waals surface area contributed by atoms with E-state index in [0.29, 0.717) is 15.3 Å². The van der Waals surface area contributed by atoms with Crippen molar-refractivity contribution < 1.29 is 13.2 Å². The molecule has 1 amide bonds. The van der Waals surface area contributed by atoms with E-state index >= 15 is 0 Å². The van der Waals surface area contributed by atoms with Crippen LogP contribution in [0.15, 0.2) is 80.9 Å². The molecule has 0 aliphatic carbocycles. The summed E-state index contributed by atoms with van der Waals surface area (Å²) in [6, 6.07) is 19.2. The van der Waals surface area contributed by atoms with Gasteiger partial charge in [0.15, 0.2) is 5.17 Å². The molecule has 1 saturated heterocycles. The van der Waals surface area contributed by atoms with Gasteiger partial charge in [-0.25, -0.2) is 0 Å². The van der Waals surface area contributed by atoms with E-state index in [4.69, 9.17) is 11.6 Å². The molecule has 140 valence electrons. The van der Waals surface area contributed by atoms with Gasteiger partial charge >= 0.3 is 0 Å². The average molecular weight is 429 g/mol. The zero-order valence-corrected chi connectivity index (χ0v) is 16.7. The third-order valence-electron chi connectivity index (χ3n) is 4.05. The summed E-state index contributed by atoms with van der Waals surface area (Å²) < 4.78 is 29.5. The number of benzene rings is 3. The molecule has 5 nitrogen and oxygen atoms in total. The minimum Gasteiger partial charge on any atom is -0.300 e. The van der Waals surface area contributed by atoms with Crippen molar-refractivity contribution in [2.45, 2.75) is 4.90 Å². The summed E-state index contributed by atoms with van der Waals surface area (Å²) in [5, 5.41) is 4.51. The van der Waals surface area contributed by atoms with E-state index in [1.807, 2.05) is 18.2 Å². The Balaban J connectivity index is 1.67. The second kappa shape index (κ2) is 7.43. The third-order valence-corrected chi connectivity index (χ3v) is 6.66. The second-order valence-corrected chi connectivity index (χ2v) is 9.00. The van der Waals surface area contributed by atoms with Crippen LogP contribution in [-0.2, 0) is 14.8 Å². The fourth-order valence-corrected chi connectivity index (χ4v) is 5.10. The maximum Gasteiger partial charge on any atom is 0.285 e. The highest BCUT2D eigenvalue weighted by Gasteiger charge is 2.27. The summed E-state index contributed by atoms with van der Waals surface area (Å²) in [6.45, 7) is 0. The van der Waals surface area contributed by atoms with E-state index in [-0.39, 0.29) is 10.1 Å². The molecule has 1 aliphatic heterocycles. The minimum absolute atomic E-state index is 0.0261. The average Bonchev–Trinajstić information content (AvgIpc) is 3.01. The molecule has 8 heteroatoms. The van der Waals surface area contributed by atoms with Gasteiger partial charge in [-0.2, -0.15) is 8.42 Å². The third kappa shape index (κ3) is 3.82. The predicted octanol–water partition coefficient (Wildman–Crippen LogP) is 4.44. The van der Waals surface area contributed by atoms with Crippen molar-refractivity contribution in [1.29, 1.82) is 0 Å². The first-order valence-corrected chi connectivity index (χ1v) is 10.8. The standard InChI is InChI=1S/C20H13ClN2O3S2/c21-15-10-8-13(9-11-15)12-17-19(24)22-20(27-17)23-28(25,26)18-7-3-5-14-4-1-2-6-16(14)18/h1-12H,(H,22,23,24). The quantitative estimate of drug-likeness (QED) is 0.625. The number of halogens is 1. The predicted molar refractivity (Wildman–Crippen MR) is 114 cm³/mol. The van der Waals surface area contributed by atoms with Crippen LogP contribution in [0.2, 0.25) is 5.02 Å². The Morgan fingerprint density at radius 1 is 0.964 bits per heavy atom. The maximum absolute atomic E-state index is 12.8. The molecule has 0 unspecified atom stereocenters. The summed E-state index contributed by atoms with van der Waals surface area (Å²) in [7, 11) is -3.99. The lowest BCUT2D eigenvalue weighted by Crippen LogP contribution is -2.20. The van der Waals surface area contributed by atoms with Gasteiger partial charge < -0.3 is 0 Å². The molecule has 3 aromatic rings. The minimum atomic E-state index is -3.99. The SMILES string of the molecule is O=C1N/C(=N\S(=O)(=O)c2cccc3ccccc23)SC1=Cc1ccc(Cl)cc1. The van der Waals surface area contributed by atoms with Crippen molar-refractivity contribution >= 4 is 61.3 Å². The molecule has 3 aromatic carbocycles. The van der Waals surface area contributed by atoms with E-state index in [1.54, 1.807) is 48.5 Å². The van der Waals surface area contributed by atoms with Gasteiger partial charge in [-0.3, -0.25) is 10.1 Å². The largest absolute Gasteiger partial charge is 0.300 e. The van der Waals surface area contributed by atoms with Crippen LogP contribution >= 0.6 is 23.4 Å². The number of thioether (sulfide) groups is 1. The van der Waals surface area contributed by atoms with Gasteiger partial charge in [-0.1, -0.05) is 60.1 Å². The number of sulfonamides is 1. The van der Waals surface area contributed by atoms with Gasteiger partial charge in [-0.15, -0.1) is 4.40 Å². The molecule has 0 radical (unpaired) electrons. The van der Waals surface area contributed by atoms with Crippen LogP contribution < -0.4 is 5.32 Å². The highest BCUT2D eigenvalue weighted by molar-refractivity contribution is 8.19. The second-order valence-electron chi connectivity index (χ2n) is 5.97. The van der Waals surface area contributed by atoms with Crippen molar-refractivity contribution in [3.8, 4) is 0 Å². The first-order valence-electron chi connectivity index (χ1n) is 8.22. The smallest absolute Gasteiger partial charge is 0.285 e. The number of nitrogens with zero attached hydrogens (tertiary/aromatic N) is 1. The zero-order chi connectivity index (χ0) is 19.7. The Labute approximate surface area is 171 Å². The zero-order valence-electron chi connectivity index (χ0n) is 14.3. The molecule has 28 heavy (non-hydrogen) atoms.